The van der Waals surface area contributed by atoms with E-state index in [1.165, 1.54) is 94.3 Å². The summed E-state index contributed by atoms with van der Waals surface area (Å²) in [6, 6.07) is 0. The topological polar surface area (TPSA) is 54.0 Å². The summed E-state index contributed by atoms with van der Waals surface area (Å²) >= 11 is 2.42. The largest absolute Gasteiger partial charge is 0.463 e. The first-order chi connectivity index (χ1) is 16.8. The van der Waals surface area contributed by atoms with E-state index in [4.69, 9.17) is 18.9 Å². The average Bonchev–Trinajstić information content (AvgIpc) is 2.84. The number of alkyl halides is 1. The van der Waals surface area contributed by atoms with Crippen LogP contribution in [-0.4, -0.2) is 56.6 Å². The molecular weight excluding hydrogens is 543 g/mol. The number of carbonyl (C=O) groups excluding carboxylic acids is 1. The van der Waals surface area contributed by atoms with Crippen LogP contribution >= 0.6 is 22.6 Å². The molecule has 34 heavy (non-hydrogen) atoms. The Bertz CT molecular complexity index is 395. The molecule has 6 heteroatoms. The highest BCUT2D eigenvalue weighted by molar-refractivity contribution is 14.1. The zero-order chi connectivity index (χ0) is 24.8. The summed E-state index contributed by atoms with van der Waals surface area (Å²) in [5.74, 6) is -0.102. The van der Waals surface area contributed by atoms with Crippen LogP contribution in [-0.2, 0) is 23.7 Å². The molecule has 0 saturated heterocycles. The Morgan fingerprint density at radius 3 is 1.44 bits per heavy atom. The molecule has 0 aromatic heterocycles. The number of unbranched alkanes of at least 4 members (excludes halogenated alkanes) is 15. The Balaban J connectivity index is 3.14. The minimum absolute atomic E-state index is 0.102. The van der Waals surface area contributed by atoms with Crippen molar-refractivity contribution in [3.63, 3.8) is 0 Å². The molecule has 0 N–H and O–H groups in total. The maximum atomic E-state index is 11.8. The molecule has 0 aromatic rings. The van der Waals surface area contributed by atoms with Crippen LogP contribution in [0.15, 0.2) is 0 Å². The van der Waals surface area contributed by atoms with Gasteiger partial charge in [-0.2, -0.15) is 0 Å². The molecule has 0 heterocycles. The molecule has 0 fully saturated rings. The summed E-state index contributed by atoms with van der Waals surface area (Å²) in [7, 11) is 0. The first-order valence-electron chi connectivity index (χ1n) is 14.3. The summed E-state index contributed by atoms with van der Waals surface area (Å²) in [5.41, 5.74) is 0. The van der Waals surface area contributed by atoms with Crippen molar-refractivity contribution in [3.05, 3.63) is 0 Å². The Morgan fingerprint density at radius 1 is 0.500 bits per heavy atom. The Labute approximate surface area is 224 Å². The monoisotopic (exact) mass is 598 g/mol. The van der Waals surface area contributed by atoms with Gasteiger partial charge < -0.3 is 18.9 Å². The van der Waals surface area contributed by atoms with Gasteiger partial charge in [-0.25, -0.2) is 0 Å². The van der Waals surface area contributed by atoms with Crippen molar-refractivity contribution in [1.82, 2.24) is 0 Å². The minimum atomic E-state index is -0.102. The van der Waals surface area contributed by atoms with E-state index in [0.29, 0.717) is 46.1 Å². The number of carbonyl (C=O) groups is 1. The van der Waals surface area contributed by atoms with E-state index in [1.807, 2.05) is 0 Å². The van der Waals surface area contributed by atoms with Gasteiger partial charge in [0, 0.05) is 13.0 Å². The number of hydrogen-bond acceptors (Lipinski definition) is 5. The number of ether oxygens (including phenoxy) is 4. The summed E-state index contributed by atoms with van der Waals surface area (Å²) in [6.07, 6.45) is 22.6. The fraction of sp³-hybridized carbons (Fsp3) is 0.964. The molecule has 0 aromatic carbocycles. The number of hydrogen-bond donors (Lipinski definition) is 0. The Kier molecular flexibility index (Phi) is 31.2. The van der Waals surface area contributed by atoms with E-state index < -0.39 is 0 Å². The van der Waals surface area contributed by atoms with Gasteiger partial charge in [0.1, 0.15) is 6.61 Å². The normalized spacial score (nSPS) is 11.2. The minimum Gasteiger partial charge on any atom is -0.463 e. The van der Waals surface area contributed by atoms with E-state index >= 15 is 0 Å². The van der Waals surface area contributed by atoms with Gasteiger partial charge in [0.15, 0.2) is 0 Å². The Hall–Kier alpha value is 0.0800. The highest BCUT2D eigenvalue weighted by atomic mass is 127. The van der Waals surface area contributed by atoms with E-state index in [1.54, 1.807) is 0 Å². The average molecular weight is 599 g/mol. The van der Waals surface area contributed by atoms with Crippen molar-refractivity contribution in [1.29, 1.82) is 0 Å². The second-order valence-electron chi connectivity index (χ2n) is 9.15. The molecule has 0 bridgehead atoms. The molecule has 0 radical (unpaired) electrons. The highest BCUT2D eigenvalue weighted by Gasteiger charge is 2.02. The van der Waals surface area contributed by atoms with Crippen molar-refractivity contribution >= 4 is 28.6 Å². The fourth-order valence-corrected chi connectivity index (χ4v) is 4.31. The molecule has 0 rings (SSSR count). The van der Waals surface area contributed by atoms with Crippen molar-refractivity contribution in [2.24, 2.45) is 0 Å². The van der Waals surface area contributed by atoms with E-state index in [0.717, 1.165) is 25.9 Å². The molecule has 0 unspecified atom stereocenters. The van der Waals surface area contributed by atoms with Crippen LogP contribution < -0.4 is 0 Å². The number of halogens is 1. The van der Waals surface area contributed by atoms with Gasteiger partial charge in [-0.05, 0) is 23.7 Å². The van der Waals surface area contributed by atoms with Crippen LogP contribution in [0, 0.1) is 0 Å². The summed E-state index contributed by atoms with van der Waals surface area (Å²) in [4.78, 5) is 11.8. The lowest BCUT2D eigenvalue weighted by Crippen LogP contribution is -2.14. The van der Waals surface area contributed by atoms with Gasteiger partial charge in [0.25, 0.3) is 0 Å². The lowest BCUT2D eigenvalue weighted by molar-refractivity contribution is -0.145. The summed E-state index contributed by atoms with van der Waals surface area (Å²) in [5, 5.41) is 0. The molecule has 0 aliphatic rings. The molecular formula is C28H55IO5. The third-order valence-corrected chi connectivity index (χ3v) is 6.65. The second kappa shape index (κ2) is 31.1. The van der Waals surface area contributed by atoms with Gasteiger partial charge in [-0.3, -0.25) is 4.79 Å². The van der Waals surface area contributed by atoms with Gasteiger partial charge in [-0.1, -0.05) is 119 Å². The van der Waals surface area contributed by atoms with Crippen LogP contribution in [0.4, 0.5) is 0 Å². The molecule has 0 saturated carbocycles. The molecule has 5 nitrogen and oxygen atoms in total. The fourth-order valence-electron chi connectivity index (χ4n) is 3.77. The second-order valence-corrected chi connectivity index (χ2v) is 10.2. The van der Waals surface area contributed by atoms with Gasteiger partial charge in [-0.15, -0.1) is 0 Å². The highest BCUT2D eigenvalue weighted by Crippen LogP contribution is 2.13. The van der Waals surface area contributed by atoms with Crippen LogP contribution in [0.5, 0.6) is 0 Å². The first kappa shape index (κ1) is 34.1. The predicted octanol–water partition coefficient (Wildman–Crippen LogP) is 8.06. The zero-order valence-electron chi connectivity index (χ0n) is 22.3. The van der Waals surface area contributed by atoms with E-state index in [9.17, 15) is 4.79 Å². The Morgan fingerprint density at radius 2 is 0.912 bits per heavy atom. The van der Waals surface area contributed by atoms with Crippen molar-refractivity contribution in [3.8, 4) is 0 Å². The number of rotatable bonds is 29. The van der Waals surface area contributed by atoms with Crippen LogP contribution in [0.1, 0.15) is 122 Å². The smallest absolute Gasteiger partial charge is 0.305 e. The SMILES string of the molecule is CCCCCCCCCCCCCCCC(=O)OCCOCCOCCOCCCCCCI. The van der Waals surface area contributed by atoms with E-state index in [-0.39, 0.29) is 5.97 Å². The molecule has 0 aliphatic heterocycles. The van der Waals surface area contributed by atoms with Crippen molar-refractivity contribution in [2.75, 3.05) is 50.7 Å². The van der Waals surface area contributed by atoms with Crippen molar-refractivity contribution < 1.29 is 23.7 Å². The molecule has 0 amide bonds. The predicted molar refractivity (Wildman–Crippen MR) is 151 cm³/mol. The third-order valence-electron chi connectivity index (χ3n) is 5.89. The van der Waals surface area contributed by atoms with E-state index in [2.05, 4.69) is 29.5 Å². The maximum Gasteiger partial charge on any atom is 0.305 e. The van der Waals surface area contributed by atoms with Crippen LogP contribution in [0.2, 0.25) is 0 Å². The maximum absolute atomic E-state index is 11.8. The third kappa shape index (κ3) is 30.1. The molecule has 204 valence electrons. The van der Waals surface area contributed by atoms with Gasteiger partial charge >= 0.3 is 5.97 Å². The van der Waals surface area contributed by atoms with Crippen molar-refractivity contribution in [2.45, 2.75) is 122 Å². The molecule has 0 spiro atoms. The lowest BCUT2D eigenvalue weighted by atomic mass is 10.0. The lowest BCUT2D eigenvalue weighted by Gasteiger charge is -2.08. The van der Waals surface area contributed by atoms with Crippen LogP contribution in [0.3, 0.4) is 0 Å². The zero-order valence-corrected chi connectivity index (χ0v) is 24.5. The van der Waals surface area contributed by atoms with Gasteiger partial charge in [0.05, 0.1) is 33.0 Å². The first-order valence-corrected chi connectivity index (χ1v) is 15.8. The standard InChI is InChI=1S/C28H55IO5/c1-2-3-4-5-6-7-8-9-10-11-12-13-16-19-28(30)34-27-26-33-25-24-32-23-22-31-21-18-15-14-17-20-29/h2-27H2,1H3. The number of esters is 1. The molecule has 0 aliphatic carbocycles. The molecule has 0 atom stereocenters. The quantitative estimate of drug-likeness (QED) is 0.0377. The summed E-state index contributed by atoms with van der Waals surface area (Å²) < 4.78 is 22.9. The van der Waals surface area contributed by atoms with Crippen LogP contribution in [0.25, 0.3) is 0 Å². The van der Waals surface area contributed by atoms with Gasteiger partial charge in [0.2, 0.25) is 0 Å². The summed E-state index contributed by atoms with van der Waals surface area (Å²) in [6.45, 7) is 6.17.